The van der Waals surface area contributed by atoms with Crippen LogP contribution >= 0.6 is 0 Å². The van der Waals surface area contributed by atoms with E-state index in [0.717, 1.165) is 30.0 Å². The molecule has 2 rings (SSSR count). The molecule has 0 amide bonds. The zero-order chi connectivity index (χ0) is 11.5. The van der Waals surface area contributed by atoms with E-state index in [9.17, 15) is 0 Å². The first kappa shape index (κ1) is 10.9. The summed E-state index contributed by atoms with van der Waals surface area (Å²) in [6, 6.07) is -0.208. The van der Waals surface area contributed by atoms with E-state index in [0.29, 0.717) is 0 Å². The predicted molar refractivity (Wildman–Crippen MR) is 61.9 cm³/mol. The Morgan fingerprint density at radius 3 is 3.00 bits per heavy atom. The lowest BCUT2D eigenvalue weighted by Gasteiger charge is -2.12. The lowest BCUT2D eigenvalue weighted by Crippen LogP contribution is -2.18. The SMILES string of the molecule is CCCn1ccnc1C(N)c1cn[nH]c1C. The molecule has 3 N–H and O–H groups in total. The molecule has 2 aromatic heterocycles. The molecule has 0 aliphatic carbocycles. The van der Waals surface area contributed by atoms with Gasteiger partial charge in [0.15, 0.2) is 0 Å². The van der Waals surface area contributed by atoms with E-state index in [2.05, 4.69) is 26.7 Å². The third kappa shape index (κ3) is 1.86. The predicted octanol–water partition coefficient (Wildman–Crippen LogP) is 1.37. The summed E-state index contributed by atoms with van der Waals surface area (Å²) < 4.78 is 2.09. The standard InChI is InChI=1S/C11H17N5/c1-3-5-16-6-4-13-11(16)10(12)9-7-14-15-8(9)2/h4,6-7,10H,3,5,12H2,1-2H3,(H,14,15). The number of nitrogens with one attached hydrogen (secondary N) is 1. The van der Waals surface area contributed by atoms with E-state index in [4.69, 9.17) is 5.73 Å². The molecule has 0 bridgehead atoms. The van der Waals surface area contributed by atoms with Crippen molar-refractivity contribution in [2.75, 3.05) is 0 Å². The third-order valence-electron chi connectivity index (χ3n) is 2.69. The first-order chi connectivity index (χ1) is 7.74. The Balaban J connectivity index is 2.30. The lowest BCUT2D eigenvalue weighted by molar-refractivity contribution is 0.612. The minimum atomic E-state index is -0.208. The summed E-state index contributed by atoms with van der Waals surface area (Å²) in [7, 11) is 0. The molecule has 2 aromatic rings. The number of nitrogens with two attached hydrogens (primary N) is 1. The molecule has 5 nitrogen and oxygen atoms in total. The summed E-state index contributed by atoms with van der Waals surface area (Å²) in [5, 5.41) is 6.88. The van der Waals surface area contributed by atoms with E-state index < -0.39 is 0 Å². The third-order valence-corrected chi connectivity index (χ3v) is 2.69. The summed E-state index contributed by atoms with van der Waals surface area (Å²) >= 11 is 0. The van der Waals surface area contributed by atoms with Crippen LogP contribution in [0.4, 0.5) is 0 Å². The van der Waals surface area contributed by atoms with Crippen molar-refractivity contribution in [2.24, 2.45) is 5.73 Å². The maximum Gasteiger partial charge on any atom is 0.130 e. The Bertz CT molecular complexity index is 456. The van der Waals surface area contributed by atoms with Gasteiger partial charge >= 0.3 is 0 Å². The molecule has 0 saturated carbocycles. The largest absolute Gasteiger partial charge is 0.333 e. The molecule has 16 heavy (non-hydrogen) atoms. The average molecular weight is 219 g/mol. The normalized spacial score (nSPS) is 12.9. The molecule has 0 aromatic carbocycles. The number of H-pyrrole nitrogens is 1. The summed E-state index contributed by atoms with van der Waals surface area (Å²) in [5.74, 6) is 0.895. The van der Waals surface area contributed by atoms with Gasteiger partial charge in [0.1, 0.15) is 5.82 Å². The number of hydrogen-bond donors (Lipinski definition) is 2. The quantitative estimate of drug-likeness (QED) is 0.815. The van der Waals surface area contributed by atoms with Crippen LogP contribution in [0.25, 0.3) is 0 Å². The van der Waals surface area contributed by atoms with Crippen LogP contribution in [-0.2, 0) is 6.54 Å². The van der Waals surface area contributed by atoms with E-state index in [1.165, 1.54) is 0 Å². The molecule has 0 saturated heterocycles. The molecular formula is C11H17N5. The van der Waals surface area contributed by atoms with E-state index in [1.54, 1.807) is 12.4 Å². The van der Waals surface area contributed by atoms with Gasteiger partial charge in [-0.1, -0.05) is 6.92 Å². The Kier molecular flexibility index (Phi) is 3.05. The topological polar surface area (TPSA) is 72.5 Å². The highest BCUT2D eigenvalue weighted by molar-refractivity contribution is 5.25. The van der Waals surface area contributed by atoms with Gasteiger partial charge in [-0.25, -0.2) is 4.98 Å². The van der Waals surface area contributed by atoms with Crippen LogP contribution in [-0.4, -0.2) is 19.7 Å². The highest BCUT2D eigenvalue weighted by Gasteiger charge is 2.17. The number of aryl methyl sites for hydroxylation is 2. The van der Waals surface area contributed by atoms with Gasteiger partial charge in [-0.2, -0.15) is 5.10 Å². The van der Waals surface area contributed by atoms with Crippen LogP contribution < -0.4 is 5.73 Å². The Labute approximate surface area is 94.7 Å². The smallest absolute Gasteiger partial charge is 0.130 e. The van der Waals surface area contributed by atoms with Crippen molar-refractivity contribution in [3.05, 3.63) is 35.7 Å². The van der Waals surface area contributed by atoms with Crippen LogP contribution in [0.3, 0.4) is 0 Å². The molecule has 0 fully saturated rings. The van der Waals surface area contributed by atoms with Gasteiger partial charge in [-0.05, 0) is 13.3 Å². The van der Waals surface area contributed by atoms with Crippen LogP contribution in [0, 0.1) is 6.92 Å². The van der Waals surface area contributed by atoms with Gasteiger partial charge in [0.25, 0.3) is 0 Å². The fourth-order valence-corrected chi connectivity index (χ4v) is 1.84. The van der Waals surface area contributed by atoms with E-state index in [1.807, 2.05) is 13.1 Å². The first-order valence-corrected chi connectivity index (χ1v) is 5.50. The zero-order valence-corrected chi connectivity index (χ0v) is 9.64. The molecule has 1 unspecified atom stereocenters. The molecular weight excluding hydrogens is 202 g/mol. The van der Waals surface area contributed by atoms with E-state index in [-0.39, 0.29) is 6.04 Å². The van der Waals surface area contributed by atoms with Crippen LogP contribution in [0.5, 0.6) is 0 Å². The number of aromatic nitrogens is 4. The highest BCUT2D eigenvalue weighted by Crippen LogP contribution is 2.19. The number of aromatic amines is 1. The van der Waals surface area contributed by atoms with Gasteiger partial charge in [-0.15, -0.1) is 0 Å². The van der Waals surface area contributed by atoms with Gasteiger partial charge in [0.05, 0.1) is 12.2 Å². The number of imidazole rings is 1. The summed E-state index contributed by atoms with van der Waals surface area (Å²) in [4.78, 5) is 4.33. The highest BCUT2D eigenvalue weighted by atomic mass is 15.1. The second-order valence-electron chi connectivity index (χ2n) is 3.91. The Hall–Kier alpha value is -1.62. The van der Waals surface area contributed by atoms with Gasteiger partial charge in [0.2, 0.25) is 0 Å². The van der Waals surface area contributed by atoms with Gasteiger partial charge in [-0.3, -0.25) is 5.10 Å². The monoisotopic (exact) mass is 219 g/mol. The first-order valence-electron chi connectivity index (χ1n) is 5.50. The maximum absolute atomic E-state index is 6.19. The fourth-order valence-electron chi connectivity index (χ4n) is 1.84. The van der Waals surface area contributed by atoms with Crippen LogP contribution in [0.15, 0.2) is 18.6 Å². The molecule has 2 heterocycles. The lowest BCUT2D eigenvalue weighted by atomic mass is 10.1. The Morgan fingerprint density at radius 1 is 1.56 bits per heavy atom. The van der Waals surface area contributed by atoms with Crippen molar-refractivity contribution >= 4 is 0 Å². The Morgan fingerprint density at radius 2 is 2.38 bits per heavy atom. The molecule has 0 radical (unpaired) electrons. The molecule has 0 aliphatic rings. The summed E-state index contributed by atoms with van der Waals surface area (Å²) in [6.07, 6.45) is 6.60. The van der Waals surface area contributed by atoms with Crippen molar-refractivity contribution < 1.29 is 0 Å². The number of hydrogen-bond acceptors (Lipinski definition) is 3. The van der Waals surface area contributed by atoms with E-state index >= 15 is 0 Å². The van der Waals surface area contributed by atoms with Crippen LogP contribution in [0.1, 0.15) is 36.5 Å². The minimum Gasteiger partial charge on any atom is -0.333 e. The van der Waals surface area contributed by atoms with Crippen molar-refractivity contribution in [3.8, 4) is 0 Å². The second-order valence-corrected chi connectivity index (χ2v) is 3.91. The molecule has 1 atom stereocenters. The number of nitrogens with zero attached hydrogens (tertiary/aromatic N) is 3. The van der Waals surface area contributed by atoms with Crippen molar-refractivity contribution in [1.82, 2.24) is 19.7 Å². The zero-order valence-electron chi connectivity index (χ0n) is 9.64. The average Bonchev–Trinajstić information content (AvgIpc) is 2.87. The molecule has 86 valence electrons. The molecule has 0 spiro atoms. The van der Waals surface area contributed by atoms with Crippen LogP contribution in [0.2, 0.25) is 0 Å². The van der Waals surface area contributed by atoms with Crippen molar-refractivity contribution in [2.45, 2.75) is 32.9 Å². The minimum absolute atomic E-state index is 0.208. The summed E-state index contributed by atoms with van der Waals surface area (Å²) in [6.45, 7) is 5.05. The summed E-state index contributed by atoms with van der Waals surface area (Å²) in [5.41, 5.74) is 8.20. The molecule has 5 heteroatoms. The number of rotatable bonds is 4. The van der Waals surface area contributed by atoms with Crippen molar-refractivity contribution in [3.63, 3.8) is 0 Å². The maximum atomic E-state index is 6.19. The molecule has 0 aliphatic heterocycles. The van der Waals surface area contributed by atoms with Crippen molar-refractivity contribution in [1.29, 1.82) is 0 Å². The fraction of sp³-hybridized carbons (Fsp3) is 0.455. The van der Waals surface area contributed by atoms with Gasteiger partial charge in [0, 0.05) is 30.2 Å². The van der Waals surface area contributed by atoms with Gasteiger partial charge < -0.3 is 10.3 Å². The second kappa shape index (κ2) is 4.49.